The van der Waals surface area contributed by atoms with Gasteiger partial charge in [-0.25, -0.2) is 4.98 Å². The molecule has 4 aromatic rings. The van der Waals surface area contributed by atoms with Crippen molar-refractivity contribution in [3.63, 3.8) is 0 Å². The van der Waals surface area contributed by atoms with E-state index in [1.54, 1.807) is 37.0 Å². The lowest BCUT2D eigenvalue weighted by atomic mass is 10.1. The van der Waals surface area contributed by atoms with Crippen molar-refractivity contribution >= 4 is 46.2 Å². The highest BCUT2D eigenvalue weighted by Crippen LogP contribution is 2.28. The molecule has 3 heterocycles. The van der Waals surface area contributed by atoms with E-state index in [1.807, 2.05) is 53.6 Å². The molecule has 2 aromatic carbocycles. The standard InChI is InChI=1S/C29H30ClN5O2S/c1-20(28(37)34-15-3-2-4-16-34)32-27(36)23-9-5-21(6-10-23)18-35-26-17-31-14-13-25(26)33-29(35)38-19-22-7-11-24(30)12-8-22/h5-14,17,20H,2-4,15-16,18-19H2,1H3,(H,32,36)/t20-/m1/s1. The van der Waals surface area contributed by atoms with Crippen LogP contribution < -0.4 is 5.32 Å². The Balaban J connectivity index is 1.27. The van der Waals surface area contributed by atoms with Gasteiger partial charge < -0.3 is 14.8 Å². The number of fused-ring (bicyclic) bond motifs is 1. The highest BCUT2D eigenvalue weighted by molar-refractivity contribution is 7.98. The zero-order valence-electron chi connectivity index (χ0n) is 21.3. The van der Waals surface area contributed by atoms with E-state index in [0.29, 0.717) is 12.1 Å². The smallest absolute Gasteiger partial charge is 0.251 e. The molecule has 2 amide bonds. The minimum Gasteiger partial charge on any atom is -0.341 e. The van der Waals surface area contributed by atoms with Crippen LogP contribution in [0, 0.1) is 0 Å². The van der Waals surface area contributed by atoms with Crippen molar-refractivity contribution in [2.24, 2.45) is 0 Å². The Hall–Kier alpha value is -3.36. The molecule has 0 unspecified atom stereocenters. The van der Waals surface area contributed by atoms with Crippen molar-refractivity contribution in [1.82, 2.24) is 24.8 Å². The molecule has 0 radical (unpaired) electrons. The molecule has 0 spiro atoms. The zero-order chi connectivity index (χ0) is 26.5. The van der Waals surface area contributed by atoms with Crippen molar-refractivity contribution < 1.29 is 9.59 Å². The summed E-state index contributed by atoms with van der Waals surface area (Å²) < 4.78 is 2.15. The fraction of sp³-hybridized carbons (Fsp3) is 0.310. The van der Waals surface area contributed by atoms with Crippen molar-refractivity contribution in [1.29, 1.82) is 0 Å². The number of hydrogen-bond acceptors (Lipinski definition) is 5. The highest BCUT2D eigenvalue weighted by atomic mass is 35.5. The number of likely N-dealkylation sites (tertiary alicyclic amines) is 1. The molecule has 38 heavy (non-hydrogen) atoms. The SMILES string of the molecule is C[C@@H](NC(=O)c1ccc(Cn2c(SCc3ccc(Cl)cc3)nc3ccncc32)cc1)C(=O)N1CCCCC1. The Bertz CT molecular complexity index is 1420. The number of imidazole rings is 1. The van der Waals surface area contributed by atoms with Gasteiger partial charge in [-0.2, -0.15) is 0 Å². The van der Waals surface area contributed by atoms with Crippen LogP contribution in [0.15, 0.2) is 72.1 Å². The number of rotatable bonds is 8. The van der Waals surface area contributed by atoms with Gasteiger partial charge in [0.05, 0.1) is 23.8 Å². The number of nitrogens with one attached hydrogen (secondary N) is 1. The summed E-state index contributed by atoms with van der Waals surface area (Å²) in [5, 5.41) is 4.48. The first kappa shape index (κ1) is 26.3. The van der Waals surface area contributed by atoms with Crippen LogP contribution in [0.2, 0.25) is 5.02 Å². The molecule has 7 nitrogen and oxygen atoms in total. The second kappa shape index (κ2) is 12.0. The summed E-state index contributed by atoms with van der Waals surface area (Å²) in [5.74, 6) is 0.506. The van der Waals surface area contributed by atoms with E-state index in [4.69, 9.17) is 16.6 Å². The first-order chi connectivity index (χ1) is 18.5. The van der Waals surface area contributed by atoms with Gasteiger partial charge in [-0.15, -0.1) is 0 Å². The van der Waals surface area contributed by atoms with Gasteiger partial charge in [-0.1, -0.05) is 47.6 Å². The number of hydrogen-bond donors (Lipinski definition) is 1. The number of amides is 2. The summed E-state index contributed by atoms with van der Waals surface area (Å²) in [5.41, 5.74) is 4.58. The van der Waals surface area contributed by atoms with Crippen molar-refractivity contribution in [2.75, 3.05) is 13.1 Å². The average Bonchev–Trinajstić information content (AvgIpc) is 3.30. The van der Waals surface area contributed by atoms with Crippen LogP contribution in [-0.2, 0) is 17.1 Å². The zero-order valence-corrected chi connectivity index (χ0v) is 22.8. The lowest BCUT2D eigenvalue weighted by Crippen LogP contribution is -2.48. The first-order valence-electron chi connectivity index (χ1n) is 12.8. The van der Waals surface area contributed by atoms with Gasteiger partial charge in [0.25, 0.3) is 5.91 Å². The van der Waals surface area contributed by atoms with Crippen LogP contribution in [0.25, 0.3) is 11.0 Å². The molecule has 1 aliphatic rings. The first-order valence-corrected chi connectivity index (χ1v) is 14.2. The Morgan fingerprint density at radius 2 is 1.71 bits per heavy atom. The van der Waals surface area contributed by atoms with Crippen molar-refractivity contribution in [3.8, 4) is 0 Å². The number of aromatic nitrogens is 3. The molecule has 1 saturated heterocycles. The number of benzene rings is 2. The topological polar surface area (TPSA) is 80.1 Å². The number of thioether (sulfide) groups is 1. The quantitative estimate of drug-likeness (QED) is 0.292. The second-order valence-corrected chi connectivity index (χ2v) is 10.9. The van der Waals surface area contributed by atoms with Crippen LogP contribution >= 0.6 is 23.4 Å². The maximum absolute atomic E-state index is 12.8. The van der Waals surface area contributed by atoms with E-state index >= 15 is 0 Å². The van der Waals surface area contributed by atoms with Gasteiger partial charge in [-0.05, 0) is 67.6 Å². The Labute approximate surface area is 231 Å². The lowest BCUT2D eigenvalue weighted by Gasteiger charge is -2.29. The Kier molecular flexibility index (Phi) is 8.29. The number of halogens is 1. The molecule has 9 heteroatoms. The van der Waals surface area contributed by atoms with Crippen molar-refractivity contribution in [3.05, 3.63) is 88.7 Å². The summed E-state index contributed by atoms with van der Waals surface area (Å²) in [6.45, 7) is 3.89. The number of carbonyl (C=O) groups excluding carboxylic acids is 2. The van der Waals surface area contributed by atoms with Gasteiger partial charge in [0, 0.05) is 35.6 Å². The molecule has 196 valence electrons. The fourth-order valence-electron chi connectivity index (χ4n) is 4.61. The van der Waals surface area contributed by atoms with E-state index < -0.39 is 6.04 Å². The predicted octanol–water partition coefficient (Wildman–Crippen LogP) is 5.56. The van der Waals surface area contributed by atoms with Crippen molar-refractivity contribution in [2.45, 2.75) is 49.7 Å². The number of pyridine rings is 1. The third-order valence-electron chi connectivity index (χ3n) is 6.74. The molecule has 0 saturated carbocycles. The number of carbonyl (C=O) groups is 2. The lowest BCUT2D eigenvalue weighted by molar-refractivity contribution is -0.133. The molecule has 5 rings (SSSR count). The molecule has 1 N–H and O–H groups in total. The Morgan fingerprint density at radius 3 is 2.45 bits per heavy atom. The van der Waals surface area contributed by atoms with Crippen LogP contribution in [0.5, 0.6) is 0 Å². The van der Waals surface area contributed by atoms with Gasteiger partial charge in [0.1, 0.15) is 6.04 Å². The molecule has 2 aromatic heterocycles. The summed E-state index contributed by atoms with van der Waals surface area (Å²) in [4.78, 5) is 36.5. The highest BCUT2D eigenvalue weighted by Gasteiger charge is 2.23. The van der Waals surface area contributed by atoms with Gasteiger partial charge in [-0.3, -0.25) is 14.6 Å². The predicted molar refractivity (Wildman–Crippen MR) is 151 cm³/mol. The minimum atomic E-state index is -0.551. The van der Waals surface area contributed by atoms with Gasteiger partial charge in [0.2, 0.25) is 5.91 Å². The Morgan fingerprint density at radius 1 is 1.00 bits per heavy atom. The van der Waals surface area contributed by atoms with Crippen LogP contribution in [0.1, 0.15) is 47.7 Å². The summed E-state index contributed by atoms with van der Waals surface area (Å²) in [7, 11) is 0. The van der Waals surface area contributed by atoms with E-state index in [9.17, 15) is 9.59 Å². The number of piperidine rings is 1. The third kappa shape index (κ3) is 6.19. The molecular formula is C29H30ClN5O2S. The average molecular weight is 548 g/mol. The van der Waals surface area contributed by atoms with Crippen LogP contribution in [0.4, 0.5) is 0 Å². The molecule has 0 bridgehead atoms. The van der Waals surface area contributed by atoms with E-state index in [2.05, 4.69) is 14.9 Å². The van der Waals surface area contributed by atoms with Gasteiger partial charge in [0.15, 0.2) is 5.16 Å². The molecule has 1 aliphatic heterocycles. The molecule has 0 aliphatic carbocycles. The minimum absolute atomic E-state index is 0.0149. The fourth-order valence-corrected chi connectivity index (χ4v) is 5.71. The summed E-state index contributed by atoms with van der Waals surface area (Å²) in [6, 6.07) is 16.7. The third-order valence-corrected chi connectivity index (χ3v) is 8.04. The van der Waals surface area contributed by atoms with E-state index in [1.165, 1.54) is 5.56 Å². The van der Waals surface area contributed by atoms with E-state index in [0.717, 1.165) is 64.9 Å². The summed E-state index contributed by atoms with van der Waals surface area (Å²) >= 11 is 7.69. The second-order valence-electron chi connectivity index (χ2n) is 9.54. The van der Waals surface area contributed by atoms with E-state index in [-0.39, 0.29) is 11.8 Å². The van der Waals surface area contributed by atoms with Gasteiger partial charge >= 0.3 is 0 Å². The maximum Gasteiger partial charge on any atom is 0.251 e. The van der Waals surface area contributed by atoms with Crippen LogP contribution in [0.3, 0.4) is 0 Å². The number of nitrogens with zero attached hydrogens (tertiary/aromatic N) is 4. The molecule has 1 fully saturated rings. The maximum atomic E-state index is 12.8. The summed E-state index contributed by atoms with van der Waals surface area (Å²) in [6.07, 6.45) is 6.79. The van der Waals surface area contributed by atoms with Crippen LogP contribution in [-0.4, -0.2) is 50.4 Å². The monoisotopic (exact) mass is 547 g/mol. The molecule has 1 atom stereocenters. The largest absolute Gasteiger partial charge is 0.341 e. The molecular weight excluding hydrogens is 518 g/mol. The normalized spacial score (nSPS) is 14.4.